The molecule has 2 N–H and O–H groups in total. The number of rotatable bonds is 15. The van der Waals surface area contributed by atoms with E-state index < -0.39 is 22.1 Å². The zero-order chi connectivity index (χ0) is 47.0. The lowest BCUT2D eigenvalue weighted by Crippen LogP contribution is -2.38. The molecule has 18 nitrogen and oxygen atoms in total. The van der Waals surface area contributed by atoms with Gasteiger partial charge in [-0.25, -0.2) is 24.7 Å². The SMILES string of the molecule is CC(C)NC(=O)c1cn(COCC[Si](C)(C)C)c2ncc(-c3c4c(n(C)[n+]3[O-])CCCC4)nc12.Cn1c2c(c(-c3cnc4c(n3)c(C(=O)O)cn4COCC[Si](C)(C)C)[n+]1[O-])CCCC2. The molecule has 65 heavy (non-hydrogen) atoms. The molecule has 2 aliphatic carbocycles. The van der Waals surface area contributed by atoms with Crippen molar-refractivity contribution in [1.82, 2.24) is 43.8 Å². The Hall–Kier alpha value is -5.45. The Bertz CT molecular complexity index is 2720. The van der Waals surface area contributed by atoms with Crippen molar-refractivity contribution in [2.24, 2.45) is 14.1 Å². The highest BCUT2D eigenvalue weighted by molar-refractivity contribution is 6.76. The van der Waals surface area contributed by atoms with E-state index in [1.165, 1.54) is 6.20 Å². The normalized spacial score (nSPS) is 14.1. The first-order valence-electron chi connectivity index (χ1n) is 22.8. The van der Waals surface area contributed by atoms with Crippen LogP contribution in [0.3, 0.4) is 0 Å². The molecule has 350 valence electrons. The number of hydrogen-bond donors (Lipinski definition) is 2. The van der Waals surface area contributed by atoms with E-state index in [1.807, 2.05) is 18.4 Å². The molecule has 2 aliphatic rings. The molecule has 6 aromatic rings. The summed E-state index contributed by atoms with van der Waals surface area (Å²) in [4.78, 5) is 45.2. The van der Waals surface area contributed by atoms with Crippen LogP contribution in [-0.4, -0.2) is 90.8 Å². The van der Waals surface area contributed by atoms with E-state index in [0.29, 0.717) is 65.1 Å². The van der Waals surface area contributed by atoms with Gasteiger partial charge in [0.2, 0.25) is 0 Å². The van der Waals surface area contributed by atoms with Crippen LogP contribution in [0, 0.1) is 10.4 Å². The standard InChI is InChI=1S/C24H36N6O3Si.C21H29N5O4Si/c1-16(2)26-24(31)18-14-29(15-33-11-12-34(4,5)6)23-21(18)27-19(13-25-23)22-17-9-7-8-10-20(17)28(3)30(22)32;1-24-17-8-6-5-7-14(17)19(26(24)29)16-11-22-20-18(23-16)15(21(27)28)12-25(20)13-30-9-10-31(2,3)4/h13-14,16H,7-12,15H2,1-6H3,(H,26,31);11-12H,5-10,13H2,1-4H3,(H,27,28). The van der Waals surface area contributed by atoms with Gasteiger partial charge in [-0.1, -0.05) is 49.0 Å². The van der Waals surface area contributed by atoms with Gasteiger partial charge in [-0.15, -0.1) is 9.36 Å². The van der Waals surface area contributed by atoms with Gasteiger partial charge in [-0.05, 0) is 77.3 Å². The third-order valence-corrected chi connectivity index (χ3v) is 15.5. The van der Waals surface area contributed by atoms with Crippen molar-refractivity contribution < 1.29 is 33.9 Å². The number of aromatic nitrogens is 10. The molecule has 6 heterocycles. The van der Waals surface area contributed by atoms with E-state index in [2.05, 4.69) is 59.6 Å². The molecule has 0 saturated carbocycles. The van der Waals surface area contributed by atoms with Gasteiger partial charge in [0.15, 0.2) is 22.7 Å². The average Bonchev–Trinajstić information content (AvgIpc) is 3.95. The highest BCUT2D eigenvalue weighted by Crippen LogP contribution is 2.32. The summed E-state index contributed by atoms with van der Waals surface area (Å²) in [6, 6.07) is 2.07. The average molecular weight is 928 g/mol. The van der Waals surface area contributed by atoms with Crippen molar-refractivity contribution >= 4 is 50.4 Å². The second-order valence-corrected chi connectivity index (χ2v) is 31.3. The molecule has 8 rings (SSSR count). The maximum absolute atomic E-state index is 13.0. The largest absolute Gasteiger partial charge is 0.595 e. The number of carbonyl (C=O) groups is 2. The van der Waals surface area contributed by atoms with Crippen LogP contribution in [-0.2, 0) is 62.7 Å². The zero-order valence-electron chi connectivity index (χ0n) is 39.7. The first-order chi connectivity index (χ1) is 30.7. The lowest BCUT2D eigenvalue weighted by molar-refractivity contribution is -0.682. The Labute approximate surface area is 381 Å². The third kappa shape index (κ3) is 10.3. The second-order valence-electron chi connectivity index (χ2n) is 20.1. The summed E-state index contributed by atoms with van der Waals surface area (Å²) in [5, 5.41) is 38.5. The third-order valence-electron chi connectivity index (χ3n) is 12.1. The highest BCUT2D eigenvalue weighted by atomic mass is 28.3. The van der Waals surface area contributed by atoms with Gasteiger partial charge in [0.1, 0.15) is 30.1 Å². The minimum absolute atomic E-state index is 0.0139. The number of carboxylic acids is 1. The minimum atomic E-state index is -1.21. The molecule has 0 fully saturated rings. The maximum Gasteiger partial charge on any atom is 0.339 e. The lowest BCUT2D eigenvalue weighted by atomic mass is 9.95. The molecule has 0 aromatic carbocycles. The molecule has 0 aliphatic heterocycles. The topological polar surface area (TPSA) is 210 Å². The number of nitrogens with zero attached hydrogens (tertiary/aromatic N) is 10. The molecule has 20 heteroatoms. The van der Waals surface area contributed by atoms with Crippen molar-refractivity contribution in [3.8, 4) is 22.8 Å². The number of fused-ring (bicyclic) bond motifs is 4. The van der Waals surface area contributed by atoms with Crippen molar-refractivity contribution in [2.45, 2.75) is 136 Å². The number of amides is 1. The Balaban J connectivity index is 0.000000195. The number of ether oxygens (including phenoxy) is 2. The van der Waals surface area contributed by atoms with Gasteiger partial charge in [0.25, 0.3) is 17.3 Å². The van der Waals surface area contributed by atoms with Crippen LogP contribution < -0.4 is 15.0 Å². The maximum atomic E-state index is 13.0. The van der Waals surface area contributed by atoms with Crippen LogP contribution in [0.25, 0.3) is 45.1 Å². The molecule has 0 radical (unpaired) electrons. The van der Waals surface area contributed by atoms with E-state index in [9.17, 15) is 25.1 Å². The Morgan fingerprint density at radius 2 is 1.14 bits per heavy atom. The van der Waals surface area contributed by atoms with Gasteiger partial charge < -0.3 is 39.4 Å². The molecule has 1 amide bonds. The summed E-state index contributed by atoms with van der Waals surface area (Å²) in [5.74, 6) is -1.29. The summed E-state index contributed by atoms with van der Waals surface area (Å²) >= 11 is 0. The van der Waals surface area contributed by atoms with Crippen LogP contribution in [0.4, 0.5) is 0 Å². The van der Waals surface area contributed by atoms with Crippen LogP contribution in [0.5, 0.6) is 0 Å². The number of nitrogens with one attached hydrogen (secondary N) is 1. The first kappa shape index (κ1) is 47.5. The molecule has 0 saturated heterocycles. The second kappa shape index (κ2) is 19.2. The van der Waals surface area contributed by atoms with E-state index in [1.54, 1.807) is 46.6 Å². The molecule has 0 bridgehead atoms. The van der Waals surface area contributed by atoms with Crippen LogP contribution in [0.2, 0.25) is 51.4 Å². The highest BCUT2D eigenvalue weighted by Gasteiger charge is 2.33. The van der Waals surface area contributed by atoms with E-state index in [4.69, 9.17) is 14.5 Å². The van der Waals surface area contributed by atoms with Gasteiger partial charge in [-0.3, -0.25) is 4.79 Å². The van der Waals surface area contributed by atoms with Crippen molar-refractivity contribution in [3.05, 3.63) is 68.8 Å². The quantitative estimate of drug-likeness (QED) is 0.0501. The summed E-state index contributed by atoms with van der Waals surface area (Å²) in [6.45, 7) is 19.4. The Morgan fingerprint density at radius 3 is 1.55 bits per heavy atom. The summed E-state index contributed by atoms with van der Waals surface area (Å²) < 4.78 is 18.5. The Morgan fingerprint density at radius 1 is 0.723 bits per heavy atom. The summed E-state index contributed by atoms with van der Waals surface area (Å²) in [7, 11) is 1.13. The lowest BCUT2D eigenvalue weighted by Gasteiger charge is -2.15. The van der Waals surface area contributed by atoms with E-state index >= 15 is 0 Å². The number of carboxylic acid groups (broad SMARTS) is 1. The van der Waals surface area contributed by atoms with Crippen molar-refractivity contribution in [2.75, 3.05) is 13.2 Å². The molecule has 0 unspecified atom stereocenters. The van der Waals surface area contributed by atoms with Gasteiger partial charge in [0.05, 0.1) is 54.6 Å². The fourth-order valence-corrected chi connectivity index (χ4v) is 10.0. The van der Waals surface area contributed by atoms with Gasteiger partial charge in [-0.2, -0.15) is 0 Å². The predicted octanol–water partition coefficient (Wildman–Crippen LogP) is 6.36. The predicted molar refractivity (Wildman–Crippen MR) is 253 cm³/mol. The summed E-state index contributed by atoms with van der Waals surface area (Å²) in [6.07, 6.45) is 14.1. The minimum Gasteiger partial charge on any atom is -0.595 e. The molecule has 0 atom stereocenters. The first-order valence-corrected chi connectivity index (χ1v) is 30.2. The van der Waals surface area contributed by atoms with Gasteiger partial charge >= 0.3 is 5.97 Å². The monoisotopic (exact) mass is 927 g/mol. The van der Waals surface area contributed by atoms with Crippen LogP contribution in [0.15, 0.2) is 24.8 Å². The Kier molecular flexibility index (Phi) is 14.0. The molecular weight excluding hydrogens is 863 g/mol. The summed E-state index contributed by atoms with van der Waals surface area (Å²) in [5.41, 5.74) is 8.29. The van der Waals surface area contributed by atoms with E-state index in [-0.39, 0.29) is 29.8 Å². The number of hydrogen-bond acceptors (Lipinski definition) is 10. The zero-order valence-corrected chi connectivity index (χ0v) is 41.7. The van der Waals surface area contributed by atoms with E-state index in [0.717, 1.165) is 95.7 Å². The molecular formula is C45H65N11O7Si2. The van der Waals surface area contributed by atoms with Crippen LogP contribution >= 0.6 is 0 Å². The van der Waals surface area contributed by atoms with Crippen molar-refractivity contribution in [3.63, 3.8) is 0 Å². The fourth-order valence-electron chi connectivity index (χ4n) is 8.53. The number of carbonyl (C=O) groups excluding carboxylic acids is 1. The van der Waals surface area contributed by atoms with Crippen LogP contribution in [0.1, 0.15) is 82.8 Å². The smallest absolute Gasteiger partial charge is 0.339 e. The number of aromatic carboxylic acids is 1. The molecule has 0 spiro atoms. The molecule has 6 aromatic heterocycles. The van der Waals surface area contributed by atoms with Gasteiger partial charge in [0, 0.05) is 47.8 Å². The fraction of sp³-hybridized carbons (Fsp3) is 0.556. The van der Waals surface area contributed by atoms with Crippen molar-refractivity contribution in [1.29, 1.82) is 0 Å².